The fourth-order valence-electron chi connectivity index (χ4n) is 12.9. The molecule has 83 heavy (non-hydrogen) atoms. The van der Waals surface area contributed by atoms with E-state index < -0.39 is 0 Å². The number of fused-ring (bicyclic) bond motifs is 8. The van der Waals surface area contributed by atoms with Crippen LogP contribution in [0.2, 0.25) is 0 Å². The molecule has 13 aromatic rings. The van der Waals surface area contributed by atoms with E-state index in [2.05, 4.69) is 270 Å². The van der Waals surface area contributed by atoms with E-state index in [1.54, 1.807) is 0 Å². The molecule has 6 nitrogen and oxygen atoms in total. The summed E-state index contributed by atoms with van der Waals surface area (Å²) in [6.07, 6.45) is 5.64. The number of anilines is 9. The third-order valence-electron chi connectivity index (χ3n) is 17.4. The predicted molar refractivity (Wildman–Crippen MR) is 351 cm³/mol. The number of hydrogen-bond donors (Lipinski definition) is 0. The molecule has 0 aliphatic heterocycles. The van der Waals surface area contributed by atoms with Gasteiger partial charge in [0, 0.05) is 102 Å². The van der Waals surface area contributed by atoms with Gasteiger partial charge in [-0.25, -0.2) is 0 Å². The van der Waals surface area contributed by atoms with Crippen LogP contribution in [0.25, 0.3) is 65.4 Å². The van der Waals surface area contributed by atoms with Crippen molar-refractivity contribution in [2.75, 3.05) is 14.7 Å². The maximum absolute atomic E-state index is 4.84. The minimum Gasteiger partial charge on any atom is -0.310 e. The van der Waals surface area contributed by atoms with Gasteiger partial charge in [-0.05, 0) is 190 Å². The van der Waals surface area contributed by atoms with Gasteiger partial charge in [0.1, 0.15) is 0 Å². The third-order valence-corrected chi connectivity index (χ3v) is 17.4. The molecule has 0 bridgehead atoms. The summed E-state index contributed by atoms with van der Waals surface area (Å²) in [6.45, 7) is 18.4. The van der Waals surface area contributed by atoms with Crippen LogP contribution in [0, 0.1) is 0 Å². The van der Waals surface area contributed by atoms with E-state index in [0.29, 0.717) is 17.8 Å². The molecule has 3 heterocycles. The first-order valence-corrected chi connectivity index (χ1v) is 29.3. The van der Waals surface area contributed by atoms with E-state index in [0.717, 1.165) is 105 Å². The SMILES string of the molecule is CC(C)c1ccc(N(c2ccc3ncccc3c2)c2ccc3c(N(c4ccc(C(C)C)cc4)c4ccc5ncccc5c4)c4cc5c(cc4c(N(c4ccc(C(C)C)cc4)c4ccc6ncccc6c4)c3c2)-c2ccccc2C5(C)C)cc1. The van der Waals surface area contributed by atoms with E-state index in [1.165, 1.54) is 38.9 Å². The Bertz CT molecular complexity index is 4630. The van der Waals surface area contributed by atoms with Crippen molar-refractivity contribution >= 4 is 105 Å². The topological polar surface area (TPSA) is 48.4 Å². The molecule has 6 heteroatoms. The molecule has 404 valence electrons. The van der Waals surface area contributed by atoms with Crippen LogP contribution in [0.4, 0.5) is 51.2 Å². The predicted octanol–water partition coefficient (Wildman–Crippen LogP) is 21.7. The first kappa shape index (κ1) is 51.5. The molecule has 0 N–H and O–H groups in total. The van der Waals surface area contributed by atoms with Gasteiger partial charge in [-0.3, -0.25) is 15.0 Å². The molecule has 0 atom stereocenters. The smallest absolute Gasteiger partial charge is 0.0703 e. The monoisotopic (exact) mass is 1070 g/mol. The van der Waals surface area contributed by atoms with Gasteiger partial charge in [0.25, 0.3) is 0 Å². The Kier molecular flexibility index (Phi) is 12.7. The second-order valence-electron chi connectivity index (χ2n) is 23.9. The number of rotatable bonds is 12. The summed E-state index contributed by atoms with van der Waals surface area (Å²) in [4.78, 5) is 21.9. The van der Waals surface area contributed by atoms with Crippen LogP contribution in [-0.2, 0) is 5.41 Å². The first-order valence-electron chi connectivity index (χ1n) is 29.3. The number of pyridine rings is 3. The lowest BCUT2D eigenvalue weighted by Gasteiger charge is -2.34. The lowest BCUT2D eigenvalue weighted by Crippen LogP contribution is -2.17. The Morgan fingerprint density at radius 3 is 1.14 bits per heavy atom. The second-order valence-corrected chi connectivity index (χ2v) is 23.9. The summed E-state index contributed by atoms with van der Waals surface area (Å²) in [5.41, 5.74) is 21.1. The van der Waals surface area contributed by atoms with Crippen LogP contribution < -0.4 is 14.7 Å². The van der Waals surface area contributed by atoms with E-state index in [4.69, 9.17) is 15.0 Å². The molecule has 0 spiro atoms. The molecule has 3 aromatic heterocycles. The van der Waals surface area contributed by atoms with E-state index in [1.807, 2.05) is 36.8 Å². The molecule has 0 radical (unpaired) electrons. The largest absolute Gasteiger partial charge is 0.310 e. The van der Waals surface area contributed by atoms with Gasteiger partial charge in [-0.15, -0.1) is 0 Å². The quantitative estimate of drug-likeness (QED) is 0.0898. The highest BCUT2D eigenvalue weighted by molar-refractivity contribution is 6.25. The first-order chi connectivity index (χ1) is 40.4. The summed E-state index contributed by atoms with van der Waals surface area (Å²) < 4.78 is 0. The molecule has 1 aliphatic rings. The minimum atomic E-state index is -0.284. The zero-order valence-electron chi connectivity index (χ0n) is 48.4. The van der Waals surface area contributed by atoms with Crippen molar-refractivity contribution in [3.8, 4) is 11.1 Å². The number of nitrogens with zero attached hydrogens (tertiary/aromatic N) is 6. The second kappa shape index (κ2) is 20.4. The standard InChI is InChI=1S/C77H66N6/c1-48(2)51-19-25-57(26-20-51)81(60-32-36-72-54(42-60)14-11-39-78-72)63-31-35-65-67(45-63)76(83(59-29-23-53(24-30-59)50(5)6)62-34-38-74-56(44-62)16-13-41-80-74)68-46-66-64-17-9-10-18-70(64)77(7,8)71(66)47-69(68)75(65)82(58-27-21-52(22-28-58)49(3)4)61-33-37-73-55(43-61)15-12-40-79-73/h9-50H,1-8H3. The number of benzene rings is 10. The molecule has 0 amide bonds. The van der Waals surface area contributed by atoms with Crippen LogP contribution in [0.3, 0.4) is 0 Å². The highest BCUT2D eigenvalue weighted by atomic mass is 15.2. The van der Waals surface area contributed by atoms with E-state index in [-0.39, 0.29) is 5.41 Å². The summed E-state index contributed by atoms with van der Waals surface area (Å²) in [5, 5.41) is 7.69. The van der Waals surface area contributed by atoms with Gasteiger partial charge < -0.3 is 14.7 Å². The fraction of sp³-hybridized carbons (Fsp3) is 0.156. The summed E-state index contributed by atoms with van der Waals surface area (Å²) in [7, 11) is 0. The molecule has 0 fully saturated rings. The van der Waals surface area contributed by atoms with Gasteiger partial charge in [-0.1, -0.05) is 140 Å². The molecule has 10 aromatic carbocycles. The van der Waals surface area contributed by atoms with Gasteiger partial charge in [0.05, 0.1) is 27.9 Å². The van der Waals surface area contributed by atoms with E-state index >= 15 is 0 Å². The fourth-order valence-corrected chi connectivity index (χ4v) is 12.9. The number of hydrogen-bond acceptors (Lipinski definition) is 6. The lowest BCUT2D eigenvalue weighted by atomic mass is 9.81. The van der Waals surface area contributed by atoms with Gasteiger partial charge in [0.2, 0.25) is 0 Å². The molecular weight excluding hydrogens is 1010 g/mol. The van der Waals surface area contributed by atoms with Crippen LogP contribution in [0.15, 0.2) is 237 Å². The Hall–Kier alpha value is -9.65. The Morgan fingerprint density at radius 1 is 0.301 bits per heavy atom. The maximum atomic E-state index is 4.84. The van der Waals surface area contributed by atoms with E-state index in [9.17, 15) is 0 Å². The molecule has 0 unspecified atom stereocenters. The Labute approximate surface area is 487 Å². The molecule has 0 saturated carbocycles. The summed E-state index contributed by atoms with van der Waals surface area (Å²) in [6, 6.07) is 81.7. The molecule has 1 aliphatic carbocycles. The number of aromatic nitrogens is 3. The third kappa shape index (κ3) is 8.92. The minimum absolute atomic E-state index is 0.284. The van der Waals surface area contributed by atoms with Gasteiger partial charge in [0.15, 0.2) is 0 Å². The van der Waals surface area contributed by atoms with Crippen LogP contribution >= 0.6 is 0 Å². The zero-order chi connectivity index (χ0) is 56.7. The van der Waals surface area contributed by atoms with Gasteiger partial charge in [-0.2, -0.15) is 0 Å². The highest BCUT2D eigenvalue weighted by Gasteiger charge is 2.37. The van der Waals surface area contributed by atoms with Crippen LogP contribution in [0.1, 0.15) is 101 Å². The van der Waals surface area contributed by atoms with Crippen LogP contribution in [-0.4, -0.2) is 15.0 Å². The van der Waals surface area contributed by atoms with Crippen molar-refractivity contribution in [3.63, 3.8) is 0 Å². The van der Waals surface area contributed by atoms with Crippen molar-refractivity contribution in [2.24, 2.45) is 0 Å². The summed E-state index contributed by atoms with van der Waals surface area (Å²) >= 11 is 0. The Balaban J connectivity index is 1.17. The molecule has 0 saturated heterocycles. The lowest BCUT2D eigenvalue weighted by molar-refractivity contribution is 0.661. The van der Waals surface area contributed by atoms with Crippen molar-refractivity contribution in [1.82, 2.24) is 15.0 Å². The van der Waals surface area contributed by atoms with Crippen molar-refractivity contribution in [3.05, 3.63) is 265 Å². The van der Waals surface area contributed by atoms with Crippen molar-refractivity contribution < 1.29 is 0 Å². The summed E-state index contributed by atoms with van der Waals surface area (Å²) in [5.74, 6) is 1.11. The average molecular weight is 1080 g/mol. The average Bonchev–Trinajstić information content (AvgIpc) is 1.91. The van der Waals surface area contributed by atoms with Crippen LogP contribution in [0.5, 0.6) is 0 Å². The Morgan fingerprint density at radius 2 is 0.675 bits per heavy atom. The van der Waals surface area contributed by atoms with Crippen molar-refractivity contribution in [1.29, 1.82) is 0 Å². The molecular formula is C77H66N6. The van der Waals surface area contributed by atoms with Gasteiger partial charge >= 0.3 is 0 Å². The normalized spacial score (nSPS) is 12.8. The molecule has 14 rings (SSSR count). The highest BCUT2D eigenvalue weighted by Crippen LogP contribution is 2.57. The maximum Gasteiger partial charge on any atom is 0.0703 e. The van der Waals surface area contributed by atoms with Crippen molar-refractivity contribution in [2.45, 2.75) is 78.6 Å². The zero-order valence-corrected chi connectivity index (χ0v) is 48.4.